The molecule has 2 aromatic carbocycles. The van der Waals surface area contributed by atoms with Crippen LogP contribution in [0.15, 0.2) is 40.8 Å². The maximum Gasteiger partial charge on any atom is 0.139 e. The van der Waals surface area contributed by atoms with Crippen molar-refractivity contribution in [2.24, 2.45) is 0 Å². The Hall–Kier alpha value is -2.22. The highest BCUT2D eigenvalue weighted by atomic mass is 32.2. The molecule has 0 amide bonds. The van der Waals surface area contributed by atoms with Gasteiger partial charge in [0, 0.05) is 67.2 Å². The number of nitrogens with zero attached hydrogens (tertiary/aromatic N) is 2. The van der Waals surface area contributed by atoms with Crippen LogP contribution < -0.4 is 10.2 Å². The molecule has 1 unspecified atom stereocenters. The van der Waals surface area contributed by atoms with Crippen LogP contribution in [0.1, 0.15) is 62.0 Å². The topological polar surface area (TPSA) is 48.7 Å². The highest BCUT2D eigenvalue weighted by Crippen LogP contribution is 2.41. The van der Waals surface area contributed by atoms with Crippen molar-refractivity contribution in [3.8, 4) is 11.3 Å². The zero-order valence-electron chi connectivity index (χ0n) is 21.7. The molecule has 2 heterocycles. The Labute approximate surface area is 216 Å². The van der Waals surface area contributed by atoms with Crippen molar-refractivity contribution in [1.29, 1.82) is 0 Å². The zero-order chi connectivity index (χ0) is 25.2. The molecular weight excluding hydrogens is 473 g/mol. The molecule has 2 atom stereocenters. The normalized spacial score (nSPS) is 20.6. The van der Waals surface area contributed by atoms with E-state index < -0.39 is 11.0 Å². The Kier molecular flexibility index (Phi) is 7.79. The first-order valence-electron chi connectivity index (χ1n) is 13.3. The minimum absolute atomic E-state index is 0.255. The van der Waals surface area contributed by atoms with E-state index in [9.17, 15) is 8.60 Å². The number of nitrogens with one attached hydrogen (secondary N) is 1. The Balaban J connectivity index is 1.53. The molecule has 1 saturated carbocycles. The Morgan fingerprint density at radius 3 is 2.53 bits per heavy atom. The third-order valence-electron chi connectivity index (χ3n) is 7.80. The van der Waals surface area contributed by atoms with Crippen LogP contribution in [0.5, 0.6) is 0 Å². The third-order valence-corrected chi connectivity index (χ3v) is 9.68. The van der Waals surface area contributed by atoms with Gasteiger partial charge in [0.1, 0.15) is 17.2 Å². The van der Waals surface area contributed by atoms with Crippen LogP contribution in [0.25, 0.3) is 22.3 Å². The molecule has 0 radical (unpaired) electrons. The van der Waals surface area contributed by atoms with Gasteiger partial charge < -0.3 is 14.6 Å². The predicted octanol–water partition coefficient (Wildman–Crippen LogP) is 6.20. The molecule has 1 aliphatic heterocycles. The lowest BCUT2D eigenvalue weighted by Crippen LogP contribution is -2.40. The maximum atomic E-state index is 13.6. The van der Waals surface area contributed by atoms with Crippen LogP contribution in [0.3, 0.4) is 0 Å². The van der Waals surface area contributed by atoms with Crippen molar-refractivity contribution >= 4 is 27.6 Å². The third kappa shape index (κ3) is 5.11. The van der Waals surface area contributed by atoms with Gasteiger partial charge in [-0.05, 0) is 74.5 Å². The van der Waals surface area contributed by atoms with Crippen molar-refractivity contribution in [2.45, 2.75) is 62.7 Å². The van der Waals surface area contributed by atoms with Crippen molar-refractivity contribution in [3.63, 3.8) is 0 Å². The summed E-state index contributed by atoms with van der Waals surface area (Å²) in [6.45, 7) is 2.41. The second-order valence-corrected chi connectivity index (χ2v) is 12.2. The van der Waals surface area contributed by atoms with Gasteiger partial charge in [-0.25, -0.2) is 12.9 Å². The Morgan fingerprint density at radius 2 is 1.83 bits per heavy atom. The van der Waals surface area contributed by atoms with Crippen molar-refractivity contribution in [3.05, 3.63) is 53.3 Å². The van der Waals surface area contributed by atoms with Crippen molar-refractivity contribution < 1.29 is 13.0 Å². The van der Waals surface area contributed by atoms with Crippen LogP contribution in [-0.4, -0.2) is 48.0 Å². The molecule has 3 aromatic rings. The predicted molar refractivity (Wildman–Crippen MR) is 147 cm³/mol. The van der Waals surface area contributed by atoms with Gasteiger partial charge in [-0.1, -0.05) is 19.3 Å². The summed E-state index contributed by atoms with van der Waals surface area (Å²) in [5.41, 5.74) is 5.24. The average molecular weight is 512 g/mol. The van der Waals surface area contributed by atoms with E-state index in [1.165, 1.54) is 37.0 Å². The molecule has 7 heteroatoms. The van der Waals surface area contributed by atoms with E-state index in [0.717, 1.165) is 72.3 Å². The van der Waals surface area contributed by atoms with Crippen LogP contribution in [0.2, 0.25) is 0 Å². The SMILES string of the molecule is CNCc1c(-c2ccc(F)cc2)oc2cc(N(C)C)c([C@H]3CCCN(S(=O)C4CCCCC4)C3)cc12. The first-order chi connectivity index (χ1) is 17.5. The van der Waals surface area contributed by atoms with Gasteiger partial charge in [-0.15, -0.1) is 0 Å². The molecule has 0 spiro atoms. The van der Waals surface area contributed by atoms with E-state index in [0.29, 0.717) is 17.7 Å². The summed E-state index contributed by atoms with van der Waals surface area (Å²) in [5.74, 6) is 0.847. The fraction of sp³-hybridized carbons (Fsp3) is 0.517. The van der Waals surface area contributed by atoms with Crippen LogP contribution in [0, 0.1) is 5.82 Å². The van der Waals surface area contributed by atoms with Crippen molar-refractivity contribution in [2.75, 3.05) is 39.1 Å². The highest BCUT2D eigenvalue weighted by Gasteiger charge is 2.32. The smallest absolute Gasteiger partial charge is 0.139 e. The van der Waals surface area contributed by atoms with Crippen LogP contribution in [-0.2, 0) is 17.5 Å². The van der Waals surface area contributed by atoms with E-state index in [4.69, 9.17) is 4.42 Å². The summed E-state index contributed by atoms with van der Waals surface area (Å²) in [6.07, 6.45) is 8.04. The molecule has 5 nitrogen and oxygen atoms in total. The summed E-state index contributed by atoms with van der Waals surface area (Å²) in [4.78, 5) is 2.16. The summed E-state index contributed by atoms with van der Waals surface area (Å²) in [6, 6.07) is 11.0. The summed E-state index contributed by atoms with van der Waals surface area (Å²) in [5, 5.41) is 4.70. The fourth-order valence-electron chi connectivity index (χ4n) is 5.94. The Bertz CT molecular complexity index is 1220. The zero-order valence-corrected chi connectivity index (χ0v) is 22.5. The average Bonchev–Trinajstić information content (AvgIpc) is 3.26. The van der Waals surface area contributed by atoms with Gasteiger partial charge in [0.15, 0.2) is 0 Å². The number of hydrogen-bond donors (Lipinski definition) is 1. The molecule has 2 fully saturated rings. The molecule has 0 bridgehead atoms. The van der Waals surface area contributed by atoms with E-state index in [-0.39, 0.29) is 5.82 Å². The van der Waals surface area contributed by atoms with E-state index in [2.05, 4.69) is 40.7 Å². The lowest BCUT2D eigenvalue weighted by Gasteiger charge is -2.36. The van der Waals surface area contributed by atoms with Gasteiger partial charge in [0.2, 0.25) is 0 Å². The van der Waals surface area contributed by atoms with Crippen LogP contribution in [0.4, 0.5) is 10.1 Å². The molecule has 5 rings (SSSR count). The van der Waals surface area contributed by atoms with Gasteiger partial charge in [0.05, 0.1) is 11.0 Å². The number of anilines is 1. The number of halogens is 1. The highest BCUT2D eigenvalue weighted by molar-refractivity contribution is 7.83. The molecule has 36 heavy (non-hydrogen) atoms. The quantitative estimate of drug-likeness (QED) is 0.410. The number of rotatable bonds is 7. The largest absolute Gasteiger partial charge is 0.456 e. The minimum Gasteiger partial charge on any atom is -0.456 e. The summed E-state index contributed by atoms with van der Waals surface area (Å²) >= 11 is 0. The molecule has 2 aliphatic rings. The minimum atomic E-state index is -0.901. The molecule has 1 aliphatic carbocycles. The second-order valence-electron chi connectivity index (χ2n) is 10.5. The second kappa shape index (κ2) is 11.0. The fourth-order valence-corrected chi connectivity index (χ4v) is 7.73. The summed E-state index contributed by atoms with van der Waals surface area (Å²) in [7, 11) is 5.18. The van der Waals surface area contributed by atoms with Crippen LogP contribution >= 0.6 is 0 Å². The Morgan fingerprint density at radius 1 is 1.08 bits per heavy atom. The number of piperidine rings is 1. The lowest BCUT2D eigenvalue weighted by atomic mass is 9.88. The van der Waals surface area contributed by atoms with Gasteiger partial charge >= 0.3 is 0 Å². The molecule has 1 aromatic heterocycles. The molecular formula is C29H38FN3O2S. The molecule has 1 N–H and O–H groups in total. The van der Waals surface area contributed by atoms with E-state index >= 15 is 0 Å². The number of benzene rings is 2. The van der Waals surface area contributed by atoms with E-state index in [1.54, 1.807) is 12.1 Å². The first kappa shape index (κ1) is 25.4. The monoisotopic (exact) mass is 511 g/mol. The first-order valence-corrected chi connectivity index (χ1v) is 14.5. The number of fused-ring (bicyclic) bond motifs is 1. The van der Waals surface area contributed by atoms with E-state index in [1.807, 2.05) is 7.05 Å². The number of furan rings is 1. The van der Waals surface area contributed by atoms with Gasteiger partial charge in [-0.3, -0.25) is 0 Å². The summed E-state index contributed by atoms with van der Waals surface area (Å²) < 4.78 is 35.7. The maximum absolute atomic E-state index is 13.6. The molecule has 194 valence electrons. The van der Waals surface area contributed by atoms with Gasteiger partial charge in [-0.2, -0.15) is 0 Å². The number of hydrogen-bond acceptors (Lipinski definition) is 4. The van der Waals surface area contributed by atoms with Gasteiger partial charge in [0.25, 0.3) is 0 Å². The van der Waals surface area contributed by atoms with Crippen molar-refractivity contribution in [1.82, 2.24) is 9.62 Å². The lowest BCUT2D eigenvalue weighted by molar-refractivity contribution is 0.324. The molecule has 1 saturated heterocycles. The standard InChI is InChI=1S/C29H38FN3O2S/c1-31-18-26-25-16-24(21-8-7-15-33(19-21)36(34)23-9-5-4-6-10-23)27(32(2)3)17-28(25)35-29(26)20-11-13-22(30)14-12-20/h11-14,16-17,21,23,31H,4-10,15,18-19H2,1-3H3/t21-,36?/m0/s1.